The molecule has 126 valence electrons. The van der Waals surface area contributed by atoms with Gasteiger partial charge in [0.05, 0.1) is 11.9 Å². The average Bonchev–Trinajstić information content (AvgIpc) is 3.16. The number of azo groups is 1. The third kappa shape index (κ3) is 3.08. The van der Waals surface area contributed by atoms with Crippen molar-refractivity contribution in [1.29, 1.82) is 0 Å². The molecule has 1 aliphatic heterocycles. The summed E-state index contributed by atoms with van der Waals surface area (Å²) in [7, 11) is 0. The number of H-pyrrole nitrogens is 1. The van der Waals surface area contributed by atoms with Crippen molar-refractivity contribution in [1.82, 2.24) is 4.98 Å². The molecule has 0 aliphatic carbocycles. The number of aromatic nitrogens is 1. The molecule has 0 spiro atoms. The van der Waals surface area contributed by atoms with Crippen LogP contribution < -0.4 is 9.47 Å². The van der Waals surface area contributed by atoms with Crippen molar-refractivity contribution in [3.05, 3.63) is 46.4 Å². The number of carbonyl (C=O) groups excluding carboxylic acids is 1. The normalized spacial score (nSPS) is 13.0. The van der Waals surface area contributed by atoms with Gasteiger partial charge in [-0.15, -0.1) is 10.2 Å². The Labute approximate surface area is 150 Å². The summed E-state index contributed by atoms with van der Waals surface area (Å²) in [5.74, 6) is 0.712. The van der Waals surface area contributed by atoms with Crippen LogP contribution in [0.5, 0.6) is 17.4 Å². The predicted molar refractivity (Wildman–Crippen MR) is 93.5 cm³/mol. The van der Waals surface area contributed by atoms with Gasteiger partial charge >= 0.3 is 0 Å². The Kier molecular flexibility index (Phi) is 3.89. The number of halogens is 1. The Morgan fingerprint density at radius 1 is 1.20 bits per heavy atom. The van der Waals surface area contributed by atoms with Gasteiger partial charge in [-0.3, -0.25) is 4.79 Å². The molecular formula is C17H12BrN3O4. The molecule has 2 heterocycles. The minimum absolute atomic E-state index is 0.0763. The van der Waals surface area contributed by atoms with Crippen LogP contribution in [-0.2, 0) is 11.2 Å². The number of aromatic hydroxyl groups is 1. The SMILES string of the molecule is O=C(Cc1ccc2c(c1)OCO2)N=Nc1c(O)[nH]c2ccc(Br)cc12. The van der Waals surface area contributed by atoms with E-state index >= 15 is 0 Å². The Morgan fingerprint density at radius 2 is 2.04 bits per heavy atom. The van der Waals surface area contributed by atoms with Crippen LogP contribution >= 0.6 is 15.9 Å². The van der Waals surface area contributed by atoms with Crippen molar-refractivity contribution in [2.24, 2.45) is 10.2 Å². The number of nitrogens with one attached hydrogen (secondary N) is 1. The standard InChI is InChI=1S/C17H12BrN3O4/c18-10-2-3-12-11(7-10)16(17(23)19-12)21-20-15(22)6-9-1-4-13-14(5-9)25-8-24-13/h1-5,7,19,23H,6,8H2. The van der Waals surface area contributed by atoms with Crippen LogP contribution in [0.25, 0.3) is 10.9 Å². The van der Waals surface area contributed by atoms with E-state index in [1.165, 1.54) is 0 Å². The van der Waals surface area contributed by atoms with Crippen molar-refractivity contribution >= 4 is 38.4 Å². The fraction of sp³-hybridized carbons (Fsp3) is 0.118. The maximum absolute atomic E-state index is 12.1. The van der Waals surface area contributed by atoms with Gasteiger partial charge in [0.2, 0.25) is 12.7 Å². The van der Waals surface area contributed by atoms with E-state index in [4.69, 9.17) is 9.47 Å². The lowest BCUT2D eigenvalue weighted by atomic mass is 10.1. The van der Waals surface area contributed by atoms with Gasteiger partial charge in [-0.25, -0.2) is 0 Å². The van der Waals surface area contributed by atoms with Gasteiger partial charge in [0.15, 0.2) is 17.2 Å². The summed E-state index contributed by atoms with van der Waals surface area (Å²) < 4.78 is 11.4. The highest BCUT2D eigenvalue weighted by atomic mass is 79.9. The first-order valence-electron chi connectivity index (χ1n) is 7.43. The molecule has 0 atom stereocenters. The smallest absolute Gasteiger partial charge is 0.269 e. The van der Waals surface area contributed by atoms with Crippen LogP contribution in [0.1, 0.15) is 5.56 Å². The van der Waals surface area contributed by atoms with Gasteiger partial charge in [0.25, 0.3) is 5.91 Å². The highest BCUT2D eigenvalue weighted by Crippen LogP contribution is 2.37. The Balaban J connectivity index is 1.55. The van der Waals surface area contributed by atoms with Crippen LogP contribution in [0.4, 0.5) is 5.69 Å². The number of rotatable bonds is 3. The summed E-state index contributed by atoms with van der Waals surface area (Å²) in [5, 5.41) is 18.3. The van der Waals surface area contributed by atoms with Crippen LogP contribution in [0, 0.1) is 0 Å². The first-order chi connectivity index (χ1) is 12.1. The lowest BCUT2D eigenvalue weighted by molar-refractivity contribution is -0.117. The first-order valence-corrected chi connectivity index (χ1v) is 8.23. The number of nitrogens with zero attached hydrogens (tertiary/aromatic N) is 2. The lowest BCUT2D eigenvalue weighted by Crippen LogP contribution is -1.97. The third-order valence-corrected chi connectivity index (χ3v) is 4.26. The highest BCUT2D eigenvalue weighted by molar-refractivity contribution is 9.10. The number of amides is 1. The topological polar surface area (TPSA) is 96.3 Å². The van der Waals surface area contributed by atoms with Crippen LogP contribution in [0.2, 0.25) is 0 Å². The van der Waals surface area contributed by atoms with E-state index in [1.54, 1.807) is 30.3 Å². The van der Waals surface area contributed by atoms with Gasteiger partial charge in [-0.05, 0) is 35.9 Å². The summed E-state index contributed by atoms with van der Waals surface area (Å²) >= 11 is 3.37. The largest absolute Gasteiger partial charge is 0.493 e. The molecule has 1 aromatic heterocycles. The minimum atomic E-state index is -0.428. The van der Waals surface area contributed by atoms with E-state index < -0.39 is 5.91 Å². The number of hydrogen-bond acceptors (Lipinski definition) is 5. The molecule has 2 aromatic carbocycles. The number of aromatic amines is 1. The van der Waals surface area contributed by atoms with Gasteiger partial charge < -0.3 is 19.6 Å². The zero-order valence-corrected chi connectivity index (χ0v) is 14.4. The summed E-state index contributed by atoms with van der Waals surface area (Å²) in [4.78, 5) is 14.9. The molecule has 4 rings (SSSR count). The molecular weight excluding hydrogens is 390 g/mol. The number of carbonyl (C=O) groups is 1. The molecule has 8 heteroatoms. The van der Waals surface area contributed by atoms with Crippen molar-refractivity contribution in [2.75, 3.05) is 6.79 Å². The average molecular weight is 402 g/mol. The number of benzene rings is 2. The lowest BCUT2D eigenvalue weighted by Gasteiger charge is -1.99. The van der Waals surface area contributed by atoms with E-state index in [1.807, 2.05) is 6.07 Å². The van der Waals surface area contributed by atoms with Gasteiger partial charge in [-0.2, -0.15) is 0 Å². The molecule has 0 bridgehead atoms. The van der Waals surface area contributed by atoms with E-state index in [-0.39, 0.29) is 24.8 Å². The summed E-state index contributed by atoms with van der Waals surface area (Å²) in [6, 6.07) is 10.7. The summed E-state index contributed by atoms with van der Waals surface area (Å²) in [6.45, 7) is 0.182. The molecule has 7 nitrogen and oxygen atoms in total. The second-order valence-corrected chi connectivity index (χ2v) is 6.39. The molecule has 0 saturated carbocycles. The molecule has 0 radical (unpaired) electrons. The quantitative estimate of drug-likeness (QED) is 0.642. The van der Waals surface area contributed by atoms with Gasteiger partial charge in [-0.1, -0.05) is 22.0 Å². The van der Waals surface area contributed by atoms with E-state index in [0.717, 1.165) is 10.0 Å². The van der Waals surface area contributed by atoms with Crippen molar-refractivity contribution < 1.29 is 19.4 Å². The number of fused-ring (bicyclic) bond motifs is 2. The molecule has 0 fully saturated rings. The van der Waals surface area contributed by atoms with Crippen molar-refractivity contribution in [2.45, 2.75) is 6.42 Å². The molecule has 1 aliphatic rings. The predicted octanol–water partition coefficient (Wildman–Crippen LogP) is 4.22. The Hall–Kier alpha value is -2.87. The number of ether oxygens (including phenoxy) is 2. The highest BCUT2D eigenvalue weighted by Gasteiger charge is 2.15. The van der Waals surface area contributed by atoms with Crippen molar-refractivity contribution in [3.8, 4) is 17.4 Å². The van der Waals surface area contributed by atoms with Gasteiger partial charge in [0.1, 0.15) is 0 Å². The van der Waals surface area contributed by atoms with E-state index in [0.29, 0.717) is 22.4 Å². The van der Waals surface area contributed by atoms with E-state index in [9.17, 15) is 9.90 Å². The maximum Gasteiger partial charge on any atom is 0.269 e. The molecule has 0 unspecified atom stereocenters. The zero-order valence-electron chi connectivity index (χ0n) is 12.8. The number of hydrogen-bond donors (Lipinski definition) is 2. The molecule has 0 saturated heterocycles. The van der Waals surface area contributed by atoms with Crippen LogP contribution in [0.15, 0.2) is 51.1 Å². The zero-order chi connectivity index (χ0) is 17.4. The first kappa shape index (κ1) is 15.6. The summed E-state index contributed by atoms with van der Waals surface area (Å²) in [5.41, 5.74) is 1.69. The van der Waals surface area contributed by atoms with Crippen molar-refractivity contribution in [3.63, 3.8) is 0 Å². The second-order valence-electron chi connectivity index (χ2n) is 5.47. The fourth-order valence-corrected chi connectivity index (χ4v) is 2.96. The fourth-order valence-electron chi connectivity index (χ4n) is 2.60. The molecule has 3 aromatic rings. The Morgan fingerprint density at radius 3 is 2.92 bits per heavy atom. The maximum atomic E-state index is 12.1. The molecule has 1 amide bonds. The molecule has 2 N–H and O–H groups in total. The summed E-state index contributed by atoms with van der Waals surface area (Å²) in [6.07, 6.45) is 0.0763. The van der Waals surface area contributed by atoms with Crippen LogP contribution in [-0.4, -0.2) is 22.8 Å². The second kappa shape index (κ2) is 6.21. The minimum Gasteiger partial charge on any atom is -0.493 e. The molecule has 25 heavy (non-hydrogen) atoms. The Bertz CT molecular complexity index is 1010. The van der Waals surface area contributed by atoms with E-state index in [2.05, 4.69) is 31.1 Å². The van der Waals surface area contributed by atoms with Crippen LogP contribution in [0.3, 0.4) is 0 Å². The van der Waals surface area contributed by atoms with Gasteiger partial charge in [0, 0.05) is 9.86 Å². The monoisotopic (exact) mass is 401 g/mol. The third-order valence-electron chi connectivity index (χ3n) is 3.77.